The van der Waals surface area contributed by atoms with Gasteiger partial charge in [0.25, 0.3) is 0 Å². The van der Waals surface area contributed by atoms with Crippen molar-refractivity contribution in [1.29, 1.82) is 0 Å². The molecule has 1 aliphatic rings. The largest absolute Gasteiger partial charge is 0.481 e. The first kappa shape index (κ1) is 33.3. The van der Waals surface area contributed by atoms with Crippen molar-refractivity contribution in [2.75, 3.05) is 22.9 Å². The van der Waals surface area contributed by atoms with Gasteiger partial charge in [-0.05, 0) is 74.3 Å². The van der Waals surface area contributed by atoms with Gasteiger partial charge in [-0.1, -0.05) is 11.6 Å². The van der Waals surface area contributed by atoms with Crippen LogP contribution >= 0.6 is 11.6 Å². The molecule has 8 nitrogen and oxygen atoms in total. The Kier molecular flexibility index (Phi) is 10.3. The zero-order valence-electron chi connectivity index (χ0n) is 24.2. The number of aromatic nitrogens is 4. The molecule has 3 aromatic rings. The summed E-state index contributed by atoms with van der Waals surface area (Å²) in [6.45, 7) is 2.44. The first-order valence-electron chi connectivity index (χ1n) is 14.1. The van der Waals surface area contributed by atoms with Crippen LogP contribution in [0.2, 0.25) is 5.02 Å². The van der Waals surface area contributed by atoms with Crippen molar-refractivity contribution in [3.05, 3.63) is 64.1 Å². The Morgan fingerprint density at radius 2 is 1.61 bits per heavy atom. The molecule has 44 heavy (non-hydrogen) atoms. The Hall–Kier alpha value is -3.55. The molecule has 0 amide bonds. The molecule has 240 valence electrons. The Morgan fingerprint density at radius 3 is 2.18 bits per heavy atom. The second-order valence-corrected chi connectivity index (χ2v) is 11.6. The molecular formula is C29H33ClF6N6O2. The highest BCUT2D eigenvalue weighted by Gasteiger charge is 2.34. The molecule has 0 saturated heterocycles. The van der Waals surface area contributed by atoms with Crippen molar-refractivity contribution < 1.29 is 36.2 Å². The second-order valence-electron chi connectivity index (χ2n) is 11.1. The minimum Gasteiger partial charge on any atom is -0.481 e. The molecule has 0 unspecified atom stereocenters. The van der Waals surface area contributed by atoms with Gasteiger partial charge < -0.3 is 14.9 Å². The fourth-order valence-electron chi connectivity index (χ4n) is 5.60. The zero-order chi connectivity index (χ0) is 32.2. The summed E-state index contributed by atoms with van der Waals surface area (Å²) in [5, 5.41) is 13.2. The van der Waals surface area contributed by atoms with Gasteiger partial charge in [-0.15, -0.1) is 5.10 Å². The van der Waals surface area contributed by atoms with Crippen LogP contribution in [0.25, 0.3) is 0 Å². The number of aryl methyl sites for hydroxylation is 1. The molecule has 0 radical (unpaired) electrons. The summed E-state index contributed by atoms with van der Waals surface area (Å²) in [7, 11) is 1.59. The van der Waals surface area contributed by atoms with Crippen LogP contribution in [-0.2, 0) is 37.3 Å². The predicted molar refractivity (Wildman–Crippen MR) is 152 cm³/mol. The SMILES string of the molecule is CCN(CC1CCC(CC(=O)O)CC1)c1ncc(C(F)(F)F)cc1CN(Cc1cc(Cl)cc(C(F)(F)F)c1)c1ncn(C)n1. The summed E-state index contributed by atoms with van der Waals surface area (Å²) in [4.78, 5) is 22.9. The molecule has 15 heteroatoms. The number of nitrogens with zero attached hydrogens (tertiary/aromatic N) is 6. The third kappa shape index (κ3) is 8.76. The summed E-state index contributed by atoms with van der Waals surface area (Å²) in [5.41, 5.74) is -1.54. The van der Waals surface area contributed by atoms with E-state index >= 15 is 0 Å². The fourth-order valence-corrected chi connectivity index (χ4v) is 5.86. The van der Waals surface area contributed by atoms with E-state index in [-0.39, 0.29) is 53.4 Å². The summed E-state index contributed by atoms with van der Waals surface area (Å²) >= 11 is 6.01. The third-order valence-corrected chi connectivity index (χ3v) is 7.97. The lowest BCUT2D eigenvalue weighted by Crippen LogP contribution is -2.34. The second kappa shape index (κ2) is 13.6. The molecule has 1 saturated carbocycles. The van der Waals surface area contributed by atoms with Crippen LogP contribution in [0.1, 0.15) is 61.3 Å². The number of benzene rings is 1. The van der Waals surface area contributed by atoms with E-state index in [0.29, 0.717) is 18.9 Å². The van der Waals surface area contributed by atoms with Crippen LogP contribution in [-0.4, -0.2) is 43.9 Å². The van der Waals surface area contributed by atoms with Gasteiger partial charge >= 0.3 is 18.3 Å². The van der Waals surface area contributed by atoms with Crippen molar-refractivity contribution in [1.82, 2.24) is 19.7 Å². The number of halogens is 7. The number of carbonyl (C=O) groups is 1. The number of hydrogen-bond acceptors (Lipinski definition) is 6. The number of aliphatic carboxylic acids is 1. The molecule has 1 aromatic carbocycles. The number of carboxylic acids is 1. The highest BCUT2D eigenvalue weighted by atomic mass is 35.5. The first-order valence-corrected chi connectivity index (χ1v) is 14.5. The summed E-state index contributed by atoms with van der Waals surface area (Å²) in [6, 6.07) is 4.10. The summed E-state index contributed by atoms with van der Waals surface area (Å²) in [5.74, 6) is -0.123. The van der Waals surface area contributed by atoms with Crippen molar-refractivity contribution in [3.8, 4) is 0 Å². The van der Waals surface area contributed by atoms with Crippen molar-refractivity contribution in [2.45, 2.75) is 64.5 Å². The molecule has 1 aliphatic carbocycles. The van der Waals surface area contributed by atoms with E-state index in [9.17, 15) is 31.1 Å². The lowest BCUT2D eigenvalue weighted by atomic mass is 9.80. The van der Waals surface area contributed by atoms with E-state index in [1.807, 2.05) is 11.8 Å². The Labute approximate surface area is 255 Å². The van der Waals surface area contributed by atoms with Crippen molar-refractivity contribution in [3.63, 3.8) is 0 Å². The lowest BCUT2D eigenvalue weighted by molar-refractivity contribution is -0.139. The third-order valence-electron chi connectivity index (χ3n) is 7.75. The van der Waals surface area contributed by atoms with Gasteiger partial charge in [-0.2, -0.15) is 26.3 Å². The fraction of sp³-hybridized carbons (Fsp3) is 0.517. The Bertz CT molecular complexity index is 1440. The molecule has 0 bridgehead atoms. The maximum absolute atomic E-state index is 13.8. The van der Waals surface area contributed by atoms with Gasteiger partial charge in [0.15, 0.2) is 0 Å². The van der Waals surface area contributed by atoms with Crippen LogP contribution in [0.3, 0.4) is 0 Å². The van der Waals surface area contributed by atoms with Crippen LogP contribution in [0.5, 0.6) is 0 Å². The minimum atomic E-state index is -4.68. The molecular weight excluding hydrogens is 614 g/mol. The van der Waals surface area contributed by atoms with Gasteiger partial charge in [0, 0.05) is 56.4 Å². The maximum atomic E-state index is 13.8. The van der Waals surface area contributed by atoms with Crippen LogP contribution < -0.4 is 9.80 Å². The smallest absolute Gasteiger partial charge is 0.417 e. The molecule has 4 rings (SSSR count). The van der Waals surface area contributed by atoms with Crippen molar-refractivity contribution in [2.24, 2.45) is 18.9 Å². The Balaban J connectivity index is 1.67. The molecule has 0 spiro atoms. The molecule has 1 fully saturated rings. The number of anilines is 2. The highest BCUT2D eigenvalue weighted by molar-refractivity contribution is 6.30. The number of alkyl halides is 6. The molecule has 2 heterocycles. The summed E-state index contributed by atoms with van der Waals surface area (Å²) in [6.07, 6.45) is -3.99. The van der Waals surface area contributed by atoms with Crippen LogP contribution in [0.15, 0.2) is 36.8 Å². The summed E-state index contributed by atoms with van der Waals surface area (Å²) < 4.78 is 83.4. The Morgan fingerprint density at radius 1 is 0.955 bits per heavy atom. The predicted octanol–water partition coefficient (Wildman–Crippen LogP) is 7.22. The average Bonchev–Trinajstić information content (AvgIpc) is 3.37. The average molecular weight is 647 g/mol. The minimum absolute atomic E-state index is 0.0994. The van der Waals surface area contributed by atoms with Gasteiger partial charge in [-0.25, -0.2) is 9.97 Å². The van der Waals surface area contributed by atoms with Crippen LogP contribution in [0.4, 0.5) is 38.1 Å². The lowest BCUT2D eigenvalue weighted by Gasteiger charge is -2.34. The molecule has 1 N–H and O–H groups in total. The van der Waals surface area contributed by atoms with E-state index in [1.54, 1.807) is 7.05 Å². The molecule has 0 aliphatic heterocycles. The van der Waals surface area contributed by atoms with Crippen molar-refractivity contribution >= 4 is 29.3 Å². The van der Waals surface area contributed by atoms with E-state index in [1.165, 1.54) is 22.0 Å². The first-order chi connectivity index (χ1) is 20.6. The van der Waals surface area contributed by atoms with E-state index < -0.39 is 29.4 Å². The highest BCUT2D eigenvalue weighted by Crippen LogP contribution is 2.36. The molecule has 2 aromatic heterocycles. The number of hydrogen-bond donors (Lipinski definition) is 1. The zero-order valence-corrected chi connectivity index (χ0v) is 24.9. The number of rotatable bonds is 11. The van der Waals surface area contributed by atoms with E-state index in [4.69, 9.17) is 16.7 Å². The van der Waals surface area contributed by atoms with Gasteiger partial charge in [-0.3, -0.25) is 9.48 Å². The van der Waals surface area contributed by atoms with E-state index in [0.717, 1.165) is 50.1 Å². The van der Waals surface area contributed by atoms with Gasteiger partial charge in [0.1, 0.15) is 12.1 Å². The van der Waals surface area contributed by atoms with E-state index in [2.05, 4.69) is 15.1 Å². The molecule has 0 atom stereocenters. The standard InChI is InChI=1S/C29H33ClF6N6O2/c1-3-41(14-19-6-4-18(5-7-19)10-25(43)44)26-21(11-23(13-37-26)29(34,35)36)16-42(27-38-17-40(2)39-27)15-20-8-22(28(31,32)33)12-24(30)9-20/h8-9,11-13,17-19H,3-7,10,14-16H2,1-2H3,(H,43,44). The normalized spacial score (nSPS) is 17.5. The number of pyridine rings is 1. The van der Waals surface area contributed by atoms with Crippen LogP contribution in [0, 0.1) is 11.8 Å². The maximum Gasteiger partial charge on any atom is 0.417 e. The van der Waals surface area contributed by atoms with Gasteiger partial charge in [0.2, 0.25) is 5.95 Å². The quantitative estimate of drug-likeness (QED) is 0.220. The topological polar surface area (TPSA) is 87.4 Å². The monoisotopic (exact) mass is 646 g/mol. The number of carboxylic acid groups (broad SMARTS) is 1. The van der Waals surface area contributed by atoms with Gasteiger partial charge in [0.05, 0.1) is 11.1 Å².